The quantitative estimate of drug-likeness (QED) is 0.885. The van der Waals surface area contributed by atoms with Gasteiger partial charge in [0, 0.05) is 5.70 Å². The minimum absolute atomic E-state index is 0.00435. The highest BCUT2D eigenvalue weighted by Crippen LogP contribution is 2.32. The minimum Gasteiger partial charge on any atom is -0.302 e. The Hall–Kier alpha value is -2.29. The lowest BCUT2D eigenvalue weighted by molar-refractivity contribution is -0.125. The van der Waals surface area contributed by atoms with Crippen LogP contribution in [-0.2, 0) is 11.2 Å². The number of hydrogen-bond donors (Lipinski definition) is 2. The lowest BCUT2D eigenvalue weighted by Gasteiger charge is -2.15. The standard InChI is InChI=1S/C18H20N2O/c1-4-12-7-5-8-13-9-6-10-14(16(12)13)11-15-18(2,3)17(21)20-19-15/h5-11,19H,4H2,1-3H3,(H,20,21)/b15-11-. The van der Waals surface area contributed by atoms with Crippen LogP contribution in [0.3, 0.4) is 0 Å². The fraction of sp³-hybridized carbons (Fsp3) is 0.278. The molecule has 3 heteroatoms. The van der Waals surface area contributed by atoms with Crippen molar-refractivity contribution in [1.29, 1.82) is 0 Å². The predicted molar refractivity (Wildman–Crippen MR) is 86.4 cm³/mol. The van der Waals surface area contributed by atoms with Gasteiger partial charge in [0.25, 0.3) is 0 Å². The van der Waals surface area contributed by atoms with Crippen LogP contribution in [0, 0.1) is 5.41 Å². The molecule has 3 rings (SSSR count). The van der Waals surface area contributed by atoms with Crippen molar-refractivity contribution in [3.8, 4) is 0 Å². The van der Waals surface area contributed by atoms with E-state index in [2.05, 4.69) is 60.2 Å². The van der Waals surface area contributed by atoms with Gasteiger partial charge in [-0.15, -0.1) is 0 Å². The van der Waals surface area contributed by atoms with Gasteiger partial charge in [-0.05, 0) is 48.2 Å². The number of carbonyl (C=O) groups is 1. The van der Waals surface area contributed by atoms with E-state index in [4.69, 9.17) is 0 Å². The van der Waals surface area contributed by atoms with Gasteiger partial charge in [0.05, 0.1) is 5.41 Å². The highest BCUT2D eigenvalue weighted by molar-refractivity contribution is 5.95. The maximum absolute atomic E-state index is 11.9. The topological polar surface area (TPSA) is 41.1 Å². The Labute approximate surface area is 125 Å². The van der Waals surface area contributed by atoms with Crippen molar-refractivity contribution in [3.63, 3.8) is 0 Å². The van der Waals surface area contributed by atoms with Crippen molar-refractivity contribution < 1.29 is 4.79 Å². The van der Waals surface area contributed by atoms with Crippen molar-refractivity contribution in [1.82, 2.24) is 10.9 Å². The molecule has 0 bridgehead atoms. The van der Waals surface area contributed by atoms with E-state index >= 15 is 0 Å². The zero-order valence-corrected chi connectivity index (χ0v) is 12.7. The first-order chi connectivity index (χ1) is 10.0. The van der Waals surface area contributed by atoms with E-state index in [9.17, 15) is 4.79 Å². The van der Waals surface area contributed by atoms with Crippen molar-refractivity contribution in [2.75, 3.05) is 0 Å². The van der Waals surface area contributed by atoms with E-state index in [1.165, 1.54) is 16.3 Å². The molecule has 3 nitrogen and oxygen atoms in total. The lowest BCUT2D eigenvalue weighted by atomic mass is 9.88. The summed E-state index contributed by atoms with van der Waals surface area (Å²) in [7, 11) is 0. The van der Waals surface area contributed by atoms with E-state index < -0.39 is 5.41 Å². The average molecular weight is 280 g/mol. The molecule has 0 radical (unpaired) electrons. The van der Waals surface area contributed by atoms with Gasteiger partial charge in [-0.1, -0.05) is 43.3 Å². The molecule has 0 spiro atoms. The molecule has 0 aliphatic carbocycles. The Morgan fingerprint density at radius 2 is 1.81 bits per heavy atom. The van der Waals surface area contributed by atoms with Gasteiger partial charge in [-0.25, -0.2) is 0 Å². The van der Waals surface area contributed by atoms with Crippen molar-refractivity contribution in [2.45, 2.75) is 27.2 Å². The number of hydrogen-bond acceptors (Lipinski definition) is 2. The molecule has 21 heavy (non-hydrogen) atoms. The summed E-state index contributed by atoms with van der Waals surface area (Å²) in [5.74, 6) is 0.00435. The predicted octanol–water partition coefficient (Wildman–Crippen LogP) is 3.40. The van der Waals surface area contributed by atoms with Crippen LogP contribution in [-0.4, -0.2) is 5.91 Å². The Balaban J connectivity index is 2.20. The molecule has 2 aromatic rings. The molecule has 1 aliphatic heterocycles. The van der Waals surface area contributed by atoms with Crippen LogP contribution in [0.25, 0.3) is 16.8 Å². The number of carbonyl (C=O) groups excluding carboxylic acids is 1. The number of aryl methyl sites for hydroxylation is 1. The SMILES string of the molecule is CCc1cccc2cccc(/C=C3\NNC(=O)C3(C)C)c12. The zero-order chi connectivity index (χ0) is 15.0. The van der Waals surface area contributed by atoms with Gasteiger partial charge in [0.1, 0.15) is 0 Å². The van der Waals surface area contributed by atoms with Crippen molar-refractivity contribution in [2.24, 2.45) is 5.41 Å². The Morgan fingerprint density at radius 1 is 1.10 bits per heavy atom. The Bertz CT molecular complexity index is 739. The molecule has 1 aliphatic rings. The third kappa shape index (κ3) is 2.19. The van der Waals surface area contributed by atoms with E-state index in [-0.39, 0.29) is 5.91 Å². The van der Waals surface area contributed by atoms with Crippen LogP contribution in [0.4, 0.5) is 0 Å². The summed E-state index contributed by atoms with van der Waals surface area (Å²) in [6, 6.07) is 12.7. The molecule has 0 atom stereocenters. The fourth-order valence-corrected chi connectivity index (χ4v) is 2.80. The summed E-state index contributed by atoms with van der Waals surface area (Å²) >= 11 is 0. The summed E-state index contributed by atoms with van der Waals surface area (Å²) in [5, 5.41) is 2.51. The number of rotatable bonds is 2. The summed E-state index contributed by atoms with van der Waals surface area (Å²) in [6.07, 6.45) is 3.07. The largest absolute Gasteiger partial charge is 0.302 e. The van der Waals surface area contributed by atoms with E-state index in [1.54, 1.807) is 0 Å². The average Bonchev–Trinajstić information content (AvgIpc) is 2.73. The third-order valence-electron chi connectivity index (χ3n) is 4.26. The van der Waals surface area contributed by atoms with Crippen LogP contribution in [0.1, 0.15) is 31.9 Å². The molecule has 1 heterocycles. The molecule has 1 fully saturated rings. The molecule has 0 saturated carbocycles. The molecular weight excluding hydrogens is 260 g/mol. The highest BCUT2D eigenvalue weighted by atomic mass is 16.2. The number of amides is 1. The molecule has 0 unspecified atom stereocenters. The molecule has 1 amide bonds. The first-order valence-corrected chi connectivity index (χ1v) is 7.33. The summed E-state index contributed by atoms with van der Waals surface area (Å²) < 4.78 is 0. The molecule has 1 saturated heterocycles. The zero-order valence-electron chi connectivity index (χ0n) is 12.7. The molecular formula is C18H20N2O. The maximum atomic E-state index is 11.9. The maximum Gasteiger partial charge on any atom is 0.249 e. The highest BCUT2D eigenvalue weighted by Gasteiger charge is 2.37. The summed E-state index contributed by atoms with van der Waals surface area (Å²) in [5.41, 5.74) is 8.57. The second-order valence-corrected chi connectivity index (χ2v) is 5.98. The summed E-state index contributed by atoms with van der Waals surface area (Å²) in [6.45, 7) is 6.03. The van der Waals surface area contributed by atoms with E-state index in [1.807, 2.05) is 13.8 Å². The van der Waals surface area contributed by atoms with Crippen LogP contribution in [0.15, 0.2) is 42.1 Å². The first-order valence-electron chi connectivity index (χ1n) is 7.33. The number of fused-ring (bicyclic) bond motifs is 1. The smallest absolute Gasteiger partial charge is 0.249 e. The second-order valence-electron chi connectivity index (χ2n) is 5.98. The molecule has 2 N–H and O–H groups in total. The monoisotopic (exact) mass is 280 g/mol. The fourth-order valence-electron chi connectivity index (χ4n) is 2.80. The molecule has 0 aromatic heterocycles. The van der Waals surface area contributed by atoms with Crippen molar-refractivity contribution >= 4 is 22.8 Å². The molecule has 108 valence electrons. The van der Waals surface area contributed by atoms with Gasteiger partial charge in [-0.2, -0.15) is 0 Å². The third-order valence-corrected chi connectivity index (χ3v) is 4.26. The normalized spacial score (nSPS) is 18.8. The van der Waals surface area contributed by atoms with E-state index in [0.29, 0.717) is 0 Å². The number of benzene rings is 2. The van der Waals surface area contributed by atoms with E-state index in [0.717, 1.165) is 17.7 Å². The Kier molecular flexibility index (Phi) is 3.20. The Morgan fingerprint density at radius 3 is 2.43 bits per heavy atom. The number of nitrogens with one attached hydrogen (secondary N) is 2. The summed E-state index contributed by atoms with van der Waals surface area (Å²) in [4.78, 5) is 11.9. The minimum atomic E-state index is -0.524. The van der Waals surface area contributed by atoms with Gasteiger partial charge in [0.2, 0.25) is 5.91 Å². The number of hydrazine groups is 1. The van der Waals surface area contributed by atoms with Gasteiger partial charge in [0.15, 0.2) is 0 Å². The second kappa shape index (κ2) is 4.92. The van der Waals surface area contributed by atoms with Crippen LogP contribution in [0.2, 0.25) is 0 Å². The van der Waals surface area contributed by atoms with Gasteiger partial charge >= 0.3 is 0 Å². The van der Waals surface area contributed by atoms with Gasteiger partial charge in [-0.3, -0.25) is 10.2 Å². The van der Waals surface area contributed by atoms with Crippen LogP contribution in [0.5, 0.6) is 0 Å². The van der Waals surface area contributed by atoms with Crippen LogP contribution < -0.4 is 10.9 Å². The lowest BCUT2D eigenvalue weighted by Crippen LogP contribution is -2.28. The van der Waals surface area contributed by atoms with Crippen molar-refractivity contribution in [3.05, 3.63) is 53.2 Å². The first kappa shape index (κ1) is 13.7. The molecule has 2 aromatic carbocycles. The van der Waals surface area contributed by atoms with Gasteiger partial charge < -0.3 is 5.43 Å². The van der Waals surface area contributed by atoms with Crippen LogP contribution >= 0.6 is 0 Å².